The van der Waals surface area contributed by atoms with Gasteiger partial charge >= 0.3 is 0 Å². The molecule has 0 bridgehead atoms. The van der Waals surface area contributed by atoms with Gasteiger partial charge in [0.05, 0.1) is 12.2 Å². The van der Waals surface area contributed by atoms with E-state index in [4.69, 9.17) is 9.47 Å². The SMILES string of the molecule is CC[C@@H](O)c1ccc(OC2CCCC(OC)C2)cc1. The van der Waals surface area contributed by atoms with Gasteiger partial charge in [0, 0.05) is 13.5 Å². The van der Waals surface area contributed by atoms with E-state index in [0.717, 1.165) is 43.4 Å². The van der Waals surface area contributed by atoms with Gasteiger partial charge in [-0.2, -0.15) is 0 Å². The first-order valence-electron chi connectivity index (χ1n) is 7.20. The Labute approximate surface area is 115 Å². The minimum atomic E-state index is -0.374. The number of hydrogen-bond donors (Lipinski definition) is 1. The van der Waals surface area contributed by atoms with E-state index in [9.17, 15) is 5.11 Å². The van der Waals surface area contributed by atoms with Gasteiger partial charge in [-0.25, -0.2) is 0 Å². The first-order valence-corrected chi connectivity index (χ1v) is 7.20. The highest BCUT2D eigenvalue weighted by Gasteiger charge is 2.23. The van der Waals surface area contributed by atoms with Crippen molar-refractivity contribution >= 4 is 0 Å². The van der Waals surface area contributed by atoms with Crippen LogP contribution >= 0.6 is 0 Å². The molecule has 1 aromatic carbocycles. The first-order chi connectivity index (χ1) is 9.22. The van der Waals surface area contributed by atoms with Crippen LogP contribution in [0.15, 0.2) is 24.3 Å². The standard InChI is InChI=1S/C16H24O3/c1-3-16(17)12-7-9-13(10-8-12)19-15-6-4-5-14(11-15)18-2/h7-10,14-17H,3-6,11H2,1-2H3/t14?,15?,16-/m1/s1. The van der Waals surface area contributed by atoms with Crippen LogP contribution in [0.25, 0.3) is 0 Å². The summed E-state index contributed by atoms with van der Waals surface area (Å²) in [5.41, 5.74) is 0.952. The fourth-order valence-corrected chi connectivity index (χ4v) is 2.62. The van der Waals surface area contributed by atoms with E-state index in [1.165, 1.54) is 0 Å². The van der Waals surface area contributed by atoms with Gasteiger partial charge in [-0.05, 0) is 43.4 Å². The lowest BCUT2D eigenvalue weighted by Crippen LogP contribution is -2.29. The molecule has 106 valence electrons. The largest absolute Gasteiger partial charge is 0.490 e. The van der Waals surface area contributed by atoms with Gasteiger partial charge in [-0.3, -0.25) is 0 Å². The molecule has 19 heavy (non-hydrogen) atoms. The predicted molar refractivity (Wildman–Crippen MR) is 75.4 cm³/mol. The van der Waals surface area contributed by atoms with Gasteiger partial charge in [0.2, 0.25) is 0 Å². The average Bonchev–Trinajstić information content (AvgIpc) is 2.47. The predicted octanol–water partition coefficient (Wildman–Crippen LogP) is 3.47. The normalized spacial score (nSPS) is 25.0. The maximum Gasteiger partial charge on any atom is 0.119 e. The van der Waals surface area contributed by atoms with E-state index >= 15 is 0 Å². The van der Waals surface area contributed by atoms with E-state index in [1.54, 1.807) is 7.11 Å². The zero-order valence-electron chi connectivity index (χ0n) is 11.8. The van der Waals surface area contributed by atoms with Gasteiger partial charge in [0.25, 0.3) is 0 Å². The summed E-state index contributed by atoms with van der Waals surface area (Å²) in [6.07, 6.45) is 5.31. The van der Waals surface area contributed by atoms with Crippen LogP contribution < -0.4 is 4.74 Å². The number of aliphatic hydroxyl groups excluding tert-OH is 1. The highest BCUT2D eigenvalue weighted by molar-refractivity contribution is 5.28. The zero-order chi connectivity index (χ0) is 13.7. The summed E-state index contributed by atoms with van der Waals surface area (Å²) in [4.78, 5) is 0. The monoisotopic (exact) mass is 264 g/mol. The quantitative estimate of drug-likeness (QED) is 0.885. The molecule has 0 saturated heterocycles. The molecule has 0 amide bonds. The maximum absolute atomic E-state index is 9.75. The molecule has 1 N–H and O–H groups in total. The molecule has 2 rings (SSSR count). The lowest BCUT2D eigenvalue weighted by atomic mass is 9.95. The Kier molecular flexibility index (Phi) is 5.23. The van der Waals surface area contributed by atoms with Crippen LogP contribution in [0.1, 0.15) is 50.7 Å². The van der Waals surface area contributed by atoms with Crippen molar-refractivity contribution < 1.29 is 14.6 Å². The summed E-state index contributed by atoms with van der Waals surface area (Å²) in [6, 6.07) is 7.79. The van der Waals surface area contributed by atoms with Crippen LogP contribution in [0, 0.1) is 0 Å². The molecule has 1 saturated carbocycles. The van der Waals surface area contributed by atoms with Gasteiger partial charge in [0.15, 0.2) is 0 Å². The molecule has 3 nitrogen and oxygen atoms in total. The number of hydrogen-bond acceptors (Lipinski definition) is 3. The molecule has 1 fully saturated rings. The molecule has 1 aliphatic carbocycles. The van der Waals surface area contributed by atoms with Crippen molar-refractivity contribution in [1.82, 2.24) is 0 Å². The van der Waals surface area contributed by atoms with E-state index in [0.29, 0.717) is 6.10 Å². The molecule has 3 heteroatoms. The van der Waals surface area contributed by atoms with Gasteiger partial charge in [0.1, 0.15) is 11.9 Å². The zero-order valence-corrected chi connectivity index (χ0v) is 11.8. The molecule has 0 spiro atoms. The Bertz CT molecular complexity index is 374. The van der Waals surface area contributed by atoms with Gasteiger partial charge < -0.3 is 14.6 Å². The first kappa shape index (κ1) is 14.4. The molecule has 1 aliphatic rings. The van der Waals surface area contributed by atoms with Crippen LogP contribution in [0.4, 0.5) is 0 Å². The third-order valence-electron chi connectivity index (χ3n) is 3.87. The summed E-state index contributed by atoms with van der Waals surface area (Å²) < 4.78 is 11.4. The smallest absolute Gasteiger partial charge is 0.119 e. The van der Waals surface area contributed by atoms with Crippen LogP contribution in [0.2, 0.25) is 0 Å². The number of ether oxygens (including phenoxy) is 2. The van der Waals surface area contributed by atoms with Crippen molar-refractivity contribution in [2.24, 2.45) is 0 Å². The molecule has 0 radical (unpaired) electrons. The Balaban J connectivity index is 1.92. The third kappa shape index (κ3) is 3.95. The third-order valence-corrected chi connectivity index (χ3v) is 3.87. The van der Waals surface area contributed by atoms with E-state index in [-0.39, 0.29) is 12.2 Å². The number of benzene rings is 1. The summed E-state index contributed by atoms with van der Waals surface area (Å²) in [5, 5.41) is 9.75. The second kappa shape index (κ2) is 6.92. The molecule has 0 aliphatic heterocycles. The van der Waals surface area contributed by atoms with Crippen molar-refractivity contribution in [1.29, 1.82) is 0 Å². The molecule has 0 aromatic heterocycles. The topological polar surface area (TPSA) is 38.7 Å². The number of aliphatic hydroxyl groups is 1. The number of rotatable bonds is 5. The molecular weight excluding hydrogens is 240 g/mol. The second-order valence-corrected chi connectivity index (χ2v) is 5.26. The van der Waals surface area contributed by atoms with Crippen molar-refractivity contribution in [3.63, 3.8) is 0 Å². The van der Waals surface area contributed by atoms with Gasteiger partial charge in [-0.1, -0.05) is 19.1 Å². The molecule has 3 atom stereocenters. The molecule has 2 unspecified atom stereocenters. The van der Waals surface area contributed by atoms with Crippen molar-refractivity contribution in [3.8, 4) is 5.75 Å². The Morgan fingerprint density at radius 1 is 1.21 bits per heavy atom. The molecule has 0 heterocycles. The average molecular weight is 264 g/mol. The minimum Gasteiger partial charge on any atom is -0.490 e. The summed E-state index contributed by atoms with van der Waals surface area (Å²) in [5.74, 6) is 0.883. The number of methoxy groups -OCH3 is 1. The highest BCUT2D eigenvalue weighted by Crippen LogP contribution is 2.26. The Hall–Kier alpha value is -1.06. The fourth-order valence-electron chi connectivity index (χ4n) is 2.62. The molecular formula is C16H24O3. The minimum absolute atomic E-state index is 0.251. The van der Waals surface area contributed by atoms with Crippen LogP contribution in [-0.2, 0) is 4.74 Å². The van der Waals surface area contributed by atoms with Crippen molar-refractivity contribution in [3.05, 3.63) is 29.8 Å². The second-order valence-electron chi connectivity index (χ2n) is 5.26. The fraction of sp³-hybridized carbons (Fsp3) is 0.625. The van der Waals surface area contributed by atoms with Crippen molar-refractivity contribution in [2.75, 3.05) is 7.11 Å². The lowest BCUT2D eigenvalue weighted by Gasteiger charge is -2.28. The van der Waals surface area contributed by atoms with Crippen LogP contribution in [0.3, 0.4) is 0 Å². The lowest BCUT2D eigenvalue weighted by molar-refractivity contribution is 0.0209. The maximum atomic E-state index is 9.75. The summed E-state index contributed by atoms with van der Waals surface area (Å²) in [6.45, 7) is 1.97. The van der Waals surface area contributed by atoms with Gasteiger partial charge in [-0.15, -0.1) is 0 Å². The van der Waals surface area contributed by atoms with Crippen molar-refractivity contribution in [2.45, 2.75) is 57.3 Å². The van der Waals surface area contributed by atoms with E-state index < -0.39 is 0 Å². The van der Waals surface area contributed by atoms with Crippen LogP contribution in [0.5, 0.6) is 5.75 Å². The highest BCUT2D eigenvalue weighted by atomic mass is 16.5. The Morgan fingerprint density at radius 2 is 1.89 bits per heavy atom. The van der Waals surface area contributed by atoms with Crippen LogP contribution in [-0.4, -0.2) is 24.4 Å². The summed E-state index contributed by atoms with van der Waals surface area (Å²) >= 11 is 0. The van der Waals surface area contributed by atoms with E-state index in [2.05, 4.69) is 0 Å². The molecule has 1 aromatic rings. The summed E-state index contributed by atoms with van der Waals surface area (Å²) in [7, 11) is 1.77. The Morgan fingerprint density at radius 3 is 2.53 bits per heavy atom. The van der Waals surface area contributed by atoms with E-state index in [1.807, 2.05) is 31.2 Å².